The average Bonchev–Trinajstić information content (AvgIpc) is 2.36. The predicted octanol–water partition coefficient (Wildman–Crippen LogP) is 1.89. The minimum Gasteiger partial charge on any atom is -0.462 e. The number of nitrogens with one attached hydrogen (secondary N) is 1. The van der Waals surface area contributed by atoms with Gasteiger partial charge in [-0.25, -0.2) is 4.79 Å². The van der Waals surface area contributed by atoms with Gasteiger partial charge in [-0.1, -0.05) is 6.07 Å². The summed E-state index contributed by atoms with van der Waals surface area (Å²) in [5.74, 6) is -0.372. The maximum atomic E-state index is 11.8. The second-order valence-electron chi connectivity index (χ2n) is 3.61. The van der Waals surface area contributed by atoms with Gasteiger partial charge in [0, 0.05) is 13.2 Å². The lowest BCUT2D eigenvalue weighted by Crippen LogP contribution is -2.15. The highest BCUT2D eigenvalue weighted by Gasteiger charge is 2.14. The predicted molar refractivity (Wildman–Crippen MR) is 71.8 cm³/mol. The monoisotopic (exact) mass is 252 g/mol. The number of hydrogen-bond acceptors (Lipinski definition) is 5. The van der Waals surface area contributed by atoms with Crippen LogP contribution in [-0.2, 0) is 9.47 Å². The van der Waals surface area contributed by atoms with Gasteiger partial charge in [0.2, 0.25) is 0 Å². The summed E-state index contributed by atoms with van der Waals surface area (Å²) in [4.78, 5) is 11.8. The second kappa shape index (κ2) is 7.55. The molecule has 18 heavy (non-hydrogen) atoms. The number of nitrogens with two attached hydrogens (primary N) is 1. The molecule has 5 heteroatoms. The van der Waals surface area contributed by atoms with Crippen molar-refractivity contribution in [2.45, 2.75) is 13.8 Å². The van der Waals surface area contributed by atoms with Crippen molar-refractivity contribution in [1.82, 2.24) is 0 Å². The van der Waals surface area contributed by atoms with E-state index in [1.807, 2.05) is 6.92 Å². The van der Waals surface area contributed by atoms with Crippen molar-refractivity contribution in [3.8, 4) is 0 Å². The normalized spacial score (nSPS) is 10.1. The van der Waals surface area contributed by atoms with Crippen LogP contribution in [0.25, 0.3) is 0 Å². The maximum absolute atomic E-state index is 11.8. The first-order valence-corrected chi connectivity index (χ1v) is 6.07. The van der Waals surface area contributed by atoms with Gasteiger partial charge in [0.1, 0.15) is 0 Å². The van der Waals surface area contributed by atoms with E-state index in [9.17, 15) is 4.79 Å². The average molecular weight is 252 g/mol. The third kappa shape index (κ3) is 3.92. The van der Waals surface area contributed by atoms with Gasteiger partial charge >= 0.3 is 5.97 Å². The molecule has 0 bridgehead atoms. The number of para-hydroxylation sites is 1. The summed E-state index contributed by atoms with van der Waals surface area (Å²) >= 11 is 0. The smallest absolute Gasteiger partial charge is 0.340 e. The summed E-state index contributed by atoms with van der Waals surface area (Å²) < 4.78 is 10.2. The molecule has 0 saturated heterocycles. The van der Waals surface area contributed by atoms with E-state index in [1.54, 1.807) is 25.1 Å². The molecular formula is C13H20N2O3. The number of nitrogen functional groups attached to an aromatic ring is 1. The van der Waals surface area contributed by atoms with E-state index in [2.05, 4.69) is 5.32 Å². The van der Waals surface area contributed by atoms with Crippen LogP contribution in [0, 0.1) is 0 Å². The Bertz CT molecular complexity index is 394. The molecule has 0 atom stereocenters. The SMILES string of the molecule is CCOCCNc1c(N)cccc1C(=O)OCC. The molecule has 0 fully saturated rings. The van der Waals surface area contributed by atoms with Crippen molar-refractivity contribution in [2.75, 3.05) is 37.4 Å². The first kappa shape index (κ1) is 14.3. The van der Waals surface area contributed by atoms with Gasteiger partial charge in [-0.15, -0.1) is 0 Å². The highest BCUT2D eigenvalue weighted by atomic mass is 16.5. The third-order valence-electron chi connectivity index (χ3n) is 2.34. The van der Waals surface area contributed by atoms with Crippen molar-refractivity contribution in [2.24, 2.45) is 0 Å². The highest BCUT2D eigenvalue weighted by Crippen LogP contribution is 2.24. The van der Waals surface area contributed by atoms with Crippen LogP contribution in [0.3, 0.4) is 0 Å². The van der Waals surface area contributed by atoms with Crippen molar-refractivity contribution >= 4 is 17.3 Å². The fraction of sp³-hybridized carbons (Fsp3) is 0.462. The Labute approximate surface area is 107 Å². The van der Waals surface area contributed by atoms with E-state index in [1.165, 1.54) is 0 Å². The quantitative estimate of drug-likeness (QED) is 0.440. The molecule has 0 spiro atoms. The summed E-state index contributed by atoms with van der Waals surface area (Å²) in [5, 5.41) is 3.10. The van der Waals surface area contributed by atoms with Gasteiger partial charge in [-0.05, 0) is 26.0 Å². The molecule has 0 unspecified atom stereocenters. The highest BCUT2D eigenvalue weighted by molar-refractivity contribution is 5.98. The Morgan fingerprint density at radius 1 is 1.33 bits per heavy atom. The van der Waals surface area contributed by atoms with E-state index in [0.717, 1.165) is 0 Å². The molecule has 0 saturated carbocycles. The molecule has 100 valence electrons. The zero-order valence-electron chi connectivity index (χ0n) is 10.9. The van der Waals surface area contributed by atoms with Crippen LogP contribution in [0.4, 0.5) is 11.4 Å². The Balaban J connectivity index is 2.77. The van der Waals surface area contributed by atoms with Crippen LogP contribution in [0.5, 0.6) is 0 Å². The zero-order chi connectivity index (χ0) is 13.4. The van der Waals surface area contributed by atoms with E-state index in [0.29, 0.717) is 43.3 Å². The molecule has 0 aliphatic rings. The number of ether oxygens (including phenoxy) is 2. The fourth-order valence-electron chi connectivity index (χ4n) is 1.54. The molecule has 1 aromatic carbocycles. The molecule has 0 aromatic heterocycles. The van der Waals surface area contributed by atoms with Crippen LogP contribution in [0.1, 0.15) is 24.2 Å². The number of hydrogen-bond donors (Lipinski definition) is 2. The van der Waals surface area contributed by atoms with Crippen LogP contribution in [0.2, 0.25) is 0 Å². The van der Waals surface area contributed by atoms with Gasteiger partial charge in [0.25, 0.3) is 0 Å². The Kier molecular flexibility index (Phi) is 6.00. The number of carbonyl (C=O) groups is 1. The van der Waals surface area contributed by atoms with Crippen LogP contribution in [-0.4, -0.2) is 32.3 Å². The van der Waals surface area contributed by atoms with E-state index in [-0.39, 0.29) is 5.97 Å². The number of benzene rings is 1. The molecule has 5 nitrogen and oxygen atoms in total. The minimum atomic E-state index is -0.372. The number of carbonyl (C=O) groups excluding carboxylic acids is 1. The van der Waals surface area contributed by atoms with Gasteiger partial charge < -0.3 is 20.5 Å². The van der Waals surface area contributed by atoms with Crippen LogP contribution in [0.15, 0.2) is 18.2 Å². The standard InChI is InChI=1S/C13H20N2O3/c1-3-17-9-8-15-12-10(13(16)18-4-2)6-5-7-11(12)14/h5-7,15H,3-4,8-9,14H2,1-2H3. The van der Waals surface area contributed by atoms with Crippen LogP contribution < -0.4 is 11.1 Å². The minimum absolute atomic E-state index is 0.339. The third-order valence-corrected chi connectivity index (χ3v) is 2.34. The van der Waals surface area contributed by atoms with Crippen molar-refractivity contribution in [1.29, 1.82) is 0 Å². The molecule has 0 heterocycles. The topological polar surface area (TPSA) is 73.6 Å². The molecule has 0 aliphatic heterocycles. The molecule has 0 aliphatic carbocycles. The lowest BCUT2D eigenvalue weighted by atomic mass is 10.1. The van der Waals surface area contributed by atoms with E-state index in [4.69, 9.17) is 15.2 Å². The van der Waals surface area contributed by atoms with Crippen molar-refractivity contribution in [3.63, 3.8) is 0 Å². The summed E-state index contributed by atoms with van der Waals surface area (Å²) in [5.41, 5.74) is 7.44. The molecule has 1 aromatic rings. The molecule has 3 N–H and O–H groups in total. The molecule has 1 rings (SSSR count). The molecule has 0 amide bonds. The number of esters is 1. The lowest BCUT2D eigenvalue weighted by molar-refractivity contribution is 0.0527. The fourth-order valence-corrected chi connectivity index (χ4v) is 1.54. The van der Waals surface area contributed by atoms with Gasteiger partial charge in [-0.2, -0.15) is 0 Å². The van der Waals surface area contributed by atoms with Crippen molar-refractivity contribution < 1.29 is 14.3 Å². The maximum Gasteiger partial charge on any atom is 0.340 e. The molecule has 0 radical (unpaired) electrons. The van der Waals surface area contributed by atoms with E-state index >= 15 is 0 Å². The molecular weight excluding hydrogens is 232 g/mol. The lowest BCUT2D eigenvalue weighted by Gasteiger charge is -2.13. The van der Waals surface area contributed by atoms with Gasteiger partial charge in [-0.3, -0.25) is 0 Å². The van der Waals surface area contributed by atoms with Gasteiger partial charge in [0.05, 0.1) is 30.2 Å². The van der Waals surface area contributed by atoms with Crippen molar-refractivity contribution in [3.05, 3.63) is 23.8 Å². The summed E-state index contributed by atoms with van der Waals surface area (Å²) in [7, 11) is 0. The Hall–Kier alpha value is -1.75. The van der Waals surface area contributed by atoms with Gasteiger partial charge in [0.15, 0.2) is 0 Å². The first-order valence-electron chi connectivity index (χ1n) is 6.07. The number of anilines is 2. The van der Waals surface area contributed by atoms with E-state index < -0.39 is 0 Å². The largest absolute Gasteiger partial charge is 0.462 e. The first-order chi connectivity index (χ1) is 8.70. The Morgan fingerprint density at radius 2 is 2.11 bits per heavy atom. The summed E-state index contributed by atoms with van der Waals surface area (Å²) in [6.45, 7) is 5.86. The zero-order valence-corrected chi connectivity index (χ0v) is 10.9. The second-order valence-corrected chi connectivity index (χ2v) is 3.61. The summed E-state index contributed by atoms with van der Waals surface area (Å²) in [6.07, 6.45) is 0. The Morgan fingerprint density at radius 3 is 2.78 bits per heavy atom. The summed E-state index contributed by atoms with van der Waals surface area (Å²) in [6, 6.07) is 5.17. The van der Waals surface area contributed by atoms with Crippen LogP contribution >= 0.6 is 0 Å². The number of rotatable bonds is 7.